The number of nitrogens with one attached hydrogen (secondary N) is 1. The number of hydrogen-bond donors (Lipinski definition) is 2. The molecule has 4 rings (SSSR count). The van der Waals surface area contributed by atoms with Crippen molar-refractivity contribution in [3.8, 4) is 11.3 Å². The van der Waals surface area contributed by atoms with E-state index in [-0.39, 0.29) is 17.8 Å². The summed E-state index contributed by atoms with van der Waals surface area (Å²) in [5.74, 6) is 0.406. The summed E-state index contributed by atoms with van der Waals surface area (Å²) >= 11 is 1.66. The maximum absolute atomic E-state index is 12.2. The molecule has 0 saturated heterocycles. The van der Waals surface area contributed by atoms with E-state index in [1.807, 2.05) is 13.0 Å². The third-order valence-electron chi connectivity index (χ3n) is 5.01. The highest BCUT2D eigenvalue weighted by molar-refractivity contribution is 7.08. The van der Waals surface area contributed by atoms with Gasteiger partial charge in [-0.1, -0.05) is 6.08 Å². The minimum Gasteiger partial charge on any atom is -0.369 e. The predicted molar refractivity (Wildman–Crippen MR) is 95.5 cm³/mol. The molecule has 2 aliphatic rings. The SMILES string of the molecule is CN1C(=O)C[C@@](C)(C2C=Cc3[nH]nc(-c4ccsc4)c3C2)N=C1N. The van der Waals surface area contributed by atoms with Crippen LogP contribution in [0.3, 0.4) is 0 Å². The molecule has 124 valence electrons. The van der Waals surface area contributed by atoms with E-state index in [2.05, 4.69) is 38.1 Å². The van der Waals surface area contributed by atoms with Gasteiger partial charge < -0.3 is 5.73 Å². The van der Waals surface area contributed by atoms with Gasteiger partial charge in [0.15, 0.2) is 5.96 Å². The van der Waals surface area contributed by atoms with Gasteiger partial charge in [0.2, 0.25) is 5.91 Å². The topological polar surface area (TPSA) is 87.4 Å². The van der Waals surface area contributed by atoms with Gasteiger partial charge in [-0.25, -0.2) is 4.99 Å². The van der Waals surface area contributed by atoms with Crippen LogP contribution in [0.15, 0.2) is 27.9 Å². The number of nitrogens with zero attached hydrogens (tertiary/aromatic N) is 3. The Bertz CT molecular complexity index is 850. The van der Waals surface area contributed by atoms with E-state index in [1.54, 1.807) is 18.4 Å². The Morgan fingerprint density at radius 3 is 3.04 bits per heavy atom. The van der Waals surface area contributed by atoms with E-state index in [9.17, 15) is 4.79 Å². The van der Waals surface area contributed by atoms with Gasteiger partial charge in [-0.15, -0.1) is 0 Å². The summed E-state index contributed by atoms with van der Waals surface area (Å²) in [6.45, 7) is 2.01. The summed E-state index contributed by atoms with van der Waals surface area (Å²) in [4.78, 5) is 18.3. The second-order valence-electron chi connectivity index (χ2n) is 6.60. The Balaban J connectivity index is 1.70. The van der Waals surface area contributed by atoms with E-state index in [1.165, 1.54) is 10.5 Å². The van der Waals surface area contributed by atoms with Gasteiger partial charge in [0, 0.05) is 29.5 Å². The van der Waals surface area contributed by atoms with E-state index in [0.29, 0.717) is 6.42 Å². The van der Waals surface area contributed by atoms with Gasteiger partial charge in [0.25, 0.3) is 0 Å². The smallest absolute Gasteiger partial charge is 0.231 e. The molecule has 0 spiro atoms. The van der Waals surface area contributed by atoms with Crippen molar-refractivity contribution in [1.82, 2.24) is 15.1 Å². The fourth-order valence-electron chi connectivity index (χ4n) is 3.43. The molecule has 1 aliphatic carbocycles. The van der Waals surface area contributed by atoms with Crippen LogP contribution < -0.4 is 5.73 Å². The summed E-state index contributed by atoms with van der Waals surface area (Å²) in [5, 5.41) is 11.7. The highest BCUT2D eigenvalue weighted by Gasteiger charge is 2.41. The largest absolute Gasteiger partial charge is 0.369 e. The highest BCUT2D eigenvalue weighted by Crippen LogP contribution is 2.39. The second kappa shape index (κ2) is 5.31. The minimum absolute atomic E-state index is 0.00875. The van der Waals surface area contributed by atoms with Gasteiger partial charge in [-0.2, -0.15) is 16.4 Å². The van der Waals surface area contributed by atoms with Gasteiger partial charge in [-0.05, 0) is 30.9 Å². The Hall–Kier alpha value is -2.41. The number of thiophene rings is 1. The van der Waals surface area contributed by atoms with Crippen molar-refractivity contribution in [3.05, 3.63) is 34.2 Å². The zero-order valence-electron chi connectivity index (χ0n) is 13.6. The van der Waals surface area contributed by atoms with Gasteiger partial charge in [-0.3, -0.25) is 14.8 Å². The maximum Gasteiger partial charge on any atom is 0.231 e. The van der Waals surface area contributed by atoms with E-state index in [0.717, 1.165) is 23.4 Å². The molecule has 2 atom stereocenters. The molecule has 0 bridgehead atoms. The summed E-state index contributed by atoms with van der Waals surface area (Å²) < 4.78 is 0. The lowest BCUT2D eigenvalue weighted by Crippen LogP contribution is -2.51. The van der Waals surface area contributed by atoms with Crippen LogP contribution in [-0.4, -0.2) is 39.6 Å². The van der Waals surface area contributed by atoms with Crippen LogP contribution in [0.5, 0.6) is 0 Å². The number of aromatic nitrogens is 2. The predicted octanol–water partition coefficient (Wildman–Crippen LogP) is 2.26. The fourth-order valence-corrected chi connectivity index (χ4v) is 4.07. The molecule has 1 aliphatic heterocycles. The van der Waals surface area contributed by atoms with Gasteiger partial charge in [0.05, 0.1) is 23.3 Å². The number of H-pyrrole nitrogens is 1. The Labute approximate surface area is 144 Å². The highest BCUT2D eigenvalue weighted by atomic mass is 32.1. The first kappa shape index (κ1) is 15.1. The summed E-state index contributed by atoms with van der Waals surface area (Å²) in [6.07, 6.45) is 5.32. The zero-order chi connectivity index (χ0) is 16.9. The number of nitrogens with two attached hydrogens (primary N) is 1. The fraction of sp³-hybridized carbons (Fsp3) is 0.353. The van der Waals surface area contributed by atoms with Crippen LogP contribution in [0.4, 0.5) is 0 Å². The first-order chi connectivity index (χ1) is 11.5. The quantitative estimate of drug-likeness (QED) is 0.878. The number of amides is 1. The van der Waals surface area contributed by atoms with E-state index < -0.39 is 5.54 Å². The Morgan fingerprint density at radius 2 is 2.33 bits per heavy atom. The second-order valence-corrected chi connectivity index (χ2v) is 7.38. The van der Waals surface area contributed by atoms with Crippen LogP contribution in [0, 0.1) is 5.92 Å². The molecular formula is C17H19N5OS. The van der Waals surface area contributed by atoms with Crippen molar-refractivity contribution in [3.63, 3.8) is 0 Å². The van der Waals surface area contributed by atoms with Crippen LogP contribution in [0.2, 0.25) is 0 Å². The number of aliphatic imine (C=N–C) groups is 1. The first-order valence-corrected chi connectivity index (χ1v) is 8.82. The lowest BCUT2D eigenvalue weighted by atomic mass is 9.75. The zero-order valence-corrected chi connectivity index (χ0v) is 14.4. The van der Waals surface area contributed by atoms with Gasteiger partial charge in [0.1, 0.15) is 0 Å². The third kappa shape index (κ3) is 2.27. The van der Waals surface area contributed by atoms with E-state index in [4.69, 9.17) is 5.73 Å². The normalized spacial score (nSPS) is 26.4. The Kier molecular flexibility index (Phi) is 3.35. The average molecular weight is 341 g/mol. The van der Waals surface area contributed by atoms with Crippen molar-refractivity contribution in [2.75, 3.05) is 7.05 Å². The number of aromatic amines is 1. The van der Waals surface area contributed by atoms with E-state index >= 15 is 0 Å². The monoisotopic (exact) mass is 341 g/mol. The van der Waals surface area contributed by atoms with Crippen LogP contribution in [0.1, 0.15) is 24.6 Å². The van der Waals surface area contributed by atoms with Crippen molar-refractivity contribution in [2.24, 2.45) is 16.6 Å². The molecular weight excluding hydrogens is 322 g/mol. The molecule has 1 unspecified atom stereocenters. The molecule has 6 nitrogen and oxygen atoms in total. The van der Waals surface area contributed by atoms with Crippen molar-refractivity contribution >= 4 is 29.3 Å². The molecule has 2 aromatic heterocycles. The van der Waals surface area contributed by atoms with Crippen LogP contribution >= 0.6 is 11.3 Å². The van der Waals surface area contributed by atoms with Crippen LogP contribution in [0.25, 0.3) is 17.3 Å². The first-order valence-electron chi connectivity index (χ1n) is 7.88. The summed E-state index contributed by atoms with van der Waals surface area (Å²) in [5.41, 5.74) is 9.75. The van der Waals surface area contributed by atoms with Crippen molar-refractivity contribution in [2.45, 2.75) is 25.3 Å². The number of hydrogen-bond acceptors (Lipinski definition) is 5. The lowest BCUT2D eigenvalue weighted by Gasteiger charge is -2.38. The summed E-state index contributed by atoms with van der Waals surface area (Å²) in [6, 6.07) is 2.07. The third-order valence-corrected chi connectivity index (χ3v) is 5.69. The molecule has 3 N–H and O–H groups in total. The Morgan fingerprint density at radius 1 is 1.50 bits per heavy atom. The molecule has 0 saturated carbocycles. The van der Waals surface area contributed by atoms with Crippen molar-refractivity contribution < 1.29 is 4.79 Å². The molecule has 24 heavy (non-hydrogen) atoms. The molecule has 0 fully saturated rings. The number of rotatable bonds is 2. The maximum atomic E-state index is 12.2. The lowest BCUT2D eigenvalue weighted by molar-refractivity contribution is -0.128. The number of fused-ring (bicyclic) bond motifs is 1. The molecule has 0 radical (unpaired) electrons. The molecule has 0 aromatic carbocycles. The standard InChI is InChI=1S/C17H19N5OS/c1-17(8-14(23)22(2)16(18)19-17)11-3-4-13-12(7-11)15(21-20-13)10-5-6-24-9-10/h3-6,9,11H,7-8H2,1-2H3,(H2,18,19)(H,20,21)/t11?,17-/m0/s1. The van der Waals surface area contributed by atoms with Crippen LogP contribution in [-0.2, 0) is 11.2 Å². The molecule has 7 heteroatoms. The van der Waals surface area contributed by atoms with Crippen molar-refractivity contribution in [1.29, 1.82) is 0 Å². The minimum atomic E-state index is -0.523. The van der Waals surface area contributed by atoms with Gasteiger partial charge >= 0.3 is 0 Å². The summed E-state index contributed by atoms with van der Waals surface area (Å²) in [7, 11) is 1.67. The number of carbonyl (C=O) groups is 1. The molecule has 1 amide bonds. The molecule has 3 heterocycles. The number of guanidine groups is 1. The average Bonchev–Trinajstić information content (AvgIpc) is 3.20. The number of carbonyl (C=O) groups excluding carboxylic acids is 1. The molecule has 2 aromatic rings.